The Bertz CT molecular complexity index is 2090. The number of nitrogens with one attached hydrogen (secondary N) is 2. The minimum absolute atomic E-state index is 0.0196. The Kier molecular flexibility index (Phi) is 4.44. The third kappa shape index (κ3) is 5.93. The molecule has 196 valence electrons. The first-order chi connectivity index (χ1) is 22.3. The van der Waals surface area contributed by atoms with Gasteiger partial charge in [-0.15, -0.1) is 0 Å². The van der Waals surface area contributed by atoms with Gasteiger partial charge in [0.05, 0.1) is 31.5 Å². The van der Waals surface area contributed by atoms with Crippen LogP contribution in [0.1, 0.15) is 39.5 Å². The van der Waals surface area contributed by atoms with Crippen LogP contribution in [0.5, 0.6) is 0 Å². The monoisotopic (exact) mass is 538 g/mol. The molecule has 0 bridgehead atoms. The average Bonchev–Trinajstić information content (AvgIpc) is 3.50. The van der Waals surface area contributed by atoms with Crippen molar-refractivity contribution in [3.63, 3.8) is 0 Å². The summed E-state index contributed by atoms with van der Waals surface area (Å²) in [5, 5.41) is 5.23. The maximum atomic E-state index is 13.8. The predicted molar refractivity (Wildman–Crippen MR) is 141 cm³/mol. The third-order valence-corrected chi connectivity index (χ3v) is 5.39. The lowest BCUT2D eigenvalue weighted by Gasteiger charge is -2.14. The Morgan fingerprint density at radius 1 is 1.10 bits per heavy atom. The van der Waals surface area contributed by atoms with Crippen molar-refractivity contribution in [2.75, 3.05) is 10.6 Å². The number of alkyl halides is 3. The van der Waals surface area contributed by atoms with Gasteiger partial charge in [0, 0.05) is 57.0 Å². The second-order valence-electron chi connectivity index (χ2n) is 8.13. The predicted octanol–water partition coefficient (Wildman–Crippen LogP) is 6.36. The molecule has 5 aromatic rings. The minimum Gasteiger partial charge on any atom is -0.324 e. The summed E-state index contributed by atoms with van der Waals surface area (Å²) >= 11 is 0. The summed E-state index contributed by atoms with van der Waals surface area (Å²) in [6, 6.07) is 5.22. The highest BCUT2D eigenvalue weighted by Crippen LogP contribution is 2.33. The van der Waals surface area contributed by atoms with E-state index in [4.69, 9.17) is 12.3 Å². The van der Waals surface area contributed by atoms with Gasteiger partial charge in [-0.05, 0) is 67.8 Å². The minimum atomic E-state index is -4.81. The maximum absolute atomic E-state index is 13.8. The van der Waals surface area contributed by atoms with Gasteiger partial charge in [-0.1, -0.05) is 6.07 Å². The van der Waals surface area contributed by atoms with Gasteiger partial charge in [0.2, 0.25) is 5.95 Å². The highest BCUT2D eigenvalue weighted by atomic mass is 19.4. The Morgan fingerprint density at radius 3 is 2.77 bits per heavy atom. The number of benzene rings is 2. The zero-order valence-electron chi connectivity index (χ0n) is 28.9. The molecule has 0 saturated carbocycles. The molecule has 0 fully saturated rings. The summed E-state index contributed by atoms with van der Waals surface area (Å²) in [4.78, 5) is 28.7. The van der Waals surface area contributed by atoms with Crippen LogP contribution in [0.3, 0.4) is 0 Å². The van der Waals surface area contributed by atoms with Crippen LogP contribution >= 0.6 is 0 Å². The molecule has 39 heavy (non-hydrogen) atoms. The standard InChI is InChI=1S/C28H22F3N7O/c1-17-5-6-19(10-25(17)37-27-33-9-7-24(36-27)20-4-3-8-32-14-20)26(39)35-22-11-21(28(29,30)31)12-23(13-22)38-15-18(2)34-16-38/h3-16H,1-2H3,(H,35,39)(H,33,36,37)/i2D3,3D,4D,7D,8D,9D,14D. The van der Waals surface area contributed by atoms with Crippen molar-refractivity contribution in [2.24, 2.45) is 0 Å². The van der Waals surface area contributed by atoms with Gasteiger partial charge in [-0.2, -0.15) is 13.2 Å². The average molecular weight is 539 g/mol. The molecular formula is C28H22F3N7O. The van der Waals surface area contributed by atoms with Crippen molar-refractivity contribution in [2.45, 2.75) is 20.0 Å². The fourth-order valence-corrected chi connectivity index (χ4v) is 3.49. The molecule has 1 amide bonds. The molecule has 0 aliphatic rings. The van der Waals surface area contributed by atoms with Gasteiger partial charge >= 0.3 is 6.18 Å². The van der Waals surface area contributed by atoms with Crippen molar-refractivity contribution in [1.82, 2.24) is 24.5 Å². The fourth-order valence-electron chi connectivity index (χ4n) is 3.49. The number of rotatable bonds is 6. The lowest BCUT2D eigenvalue weighted by atomic mass is 10.1. The summed E-state index contributed by atoms with van der Waals surface area (Å²) in [5.41, 5.74) is -1.76. The Balaban J connectivity index is 1.47. The number of anilines is 3. The van der Waals surface area contributed by atoms with E-state index in [0.717, 1.165) is 29.2 Å². The molecule has 0 aliphatic carbocycles. The lowest BCUT2D eigenvalue weighted by Crippen LogP contribution is -2.14. The maximum Gasteiger partial charge on any atom is 0.416 e. The molecule has 5 rings (SSSR count). The smallest absolute Gasteiger partial charge is 0.324 e. The molecule has 0 spiro atoms. The number of aromatic nitrogens is 5. The fraction of sp³-hybridized carbons (Fsp3) is 0.107. The number of aryl methyl sites for hydroxylation is 2. The third-order valence-electron chi connectivity index (χ3n) is 5.39. The highest BCUT2D eigenvalue weighted by molar-refractivity contribution is 6.05. The van der Waals surface area contributed by atoms with Crippen molar-refractivity contribution in [3.05, 3.63) is 108 Å². The van der Waals surface area contributed by atoms with Gasteiger partial charge in [-0.25, -0.2) is 15.0 Å². The first kappa shape index (κ1) is 16.7. The summed E-state index contributed by atoms with van der Waals surface area (Å²) in [6.45, 7) is -0.943. The van der Waals surface area contributed by atoms with E-state index < -0.39 is 61.1 Å². The van der Waals surface area contributed by atoms with Crippen molar-refractivity contribution in [1.29, 1.82) is 0 Å². The second-order valence-corrected chi connectivity index (χ2v) is 8.13. The van der Waals surface area contributed by atoms with E-state index in [1.54, 1.807) is 6.92 Å². The van der Waals surface area contributed by atoms with Crippen molar-refractivity contribution < 1.29 is 30.3 Å². The number of nitrogens with zero attached hydrogens (tertiary/aromatic N) is 5. The number of pyridine rings is 1. The SMILES string of the molecule is [2H]c1nc(Nc2cc(C(=O)Nc3cc(-n4cnc(C([2H])([2H])[2H])c4)cc(C(F)(F)F)c3)ccc2C)nc(-c2c([2H])nc([2H])c([2H])c2[2H])c1[2H]. The van der Waals surface area contributed by atoms with Crippen molar-refractivity contribution in [3.8, 4) is 16.9 Å². The molecular weight excluding hydrogens is 507 g/mol. The van der Waals surface area contributed by atoms with E-state index in [1.807, 2.05) is 0 Å². The van der Waals surface area contributed by atoms with Gasteiger partial charge < -0.3 is 15.2 Å². The van der Waals surface area contributed by atoms with E-state index in [0.29, 0.717) is 5.56 Å². The highest BCUT2D eigenvalue weighted by Gasteiger charge is 2.31. The molecule has 0 saturated heterocycles. The van der Waals surface area contributed by atoms with Crippen LogP contribution in [-0.4, -0.2) is 30.4 Å². The molecule has 2 aromatic carbocycles. The molecule has 0 atom stereocenters. The molecule has 11 heteroatoms. The van der Waals surface area contributed by atoms with Crippen LogP contribution in [0.15, 0.2) is 85.6 Å². The number of carbonyl (C=O) groups excluding carboxylic acids is 1. The van der Waals surface area contributed by atoms with Crippen LogP contribution in [0.25, 0.3) is 16.9 Å². The van der Waals surface area contributed by atoms with Gasteiger partial charge in [-0.3, -0.25) is 9.78 Å². The first-order valence-corrected chi connectivity index (χ1v) is 11.1. The number of amides is 1. The van der Waals surface area contributed by atoms with E-state index in [-0.39, 0.29) is 45.5 Å². The normalized spacial score (nSPS) is 14.9. The summed E-state index contributed by atoms with van der Waals surface area (Å²) in [7, 11) is 0. The van der Waals surface area contributed by atoms with Gasteiger partial charge in [0.15, 0.2) is 0 Å². The zero-order valence-corrected chi connectivity index (χ0v) is 19.9. The number of imidazole rings is 1. The lowest BCUT2D eigenvalue weighted by molar-refractivity contribution is -0.137. The second kappa shape index (κ2) is 10.4. The van der Waals surface area contributed by atoms with E-state index in [1.165, 1.54) is 24.3 Å². The molecule has 8 nitrogen and oxygen atoms in total. The van der Waals surface area contributed by atoms with Crippen LogP contribution in [-0.2, 0) is 6.18 Å². The molecule has 0 aliphatic heterocycles. The number of hydrogen-bond acceptors (Lipinski definition) is 6. The van der Waals surface area contributed by atoms with Crippen LogP contribution < -0.4 is 10.6 Å². The molecule has 2 N–H and O–H groups in total. The summed E-state index contributed by atoms with van der Waals surface area (Å²) in [6.07, 6.45) is -4.51. The Labute approximate surface area is 234 Å². The Morgan fingerprint density at radius 2 is 1.97 bits per heavy atom. The van der Waals surface area contributed by atoms with Crippen molar-refractivity contribution >= 4 is 23.2 Å². The largest absolute Gasteiger partial charge is 0.416 e. The quantitative estimate of drug-likeness (QED) is 0.261. The van der Waals surface area contributed by atoms with Crippen LogP contribution in [0.2, 0.25) is 0 Å². The summed E-state index contributed by atoms with van der Waals surface area (Å²) in [5.74, 6) is -1.09. The van der Waals surface area contributed by atoms with E-state index in [2.05, 4.69) is 30.6 Å². The number of carbonyl (C=O) groups is 1. The number of halogens is 3. The number of hydrogen-bond donors (Lipinski definition) is 2. The van der Waals surface area contributed by atoms with Gasteiger partial charge in [0.1, 0.15) is 0 Å². The summed E-state index contributed by atoms with van der Waals surface area (Å²) < 4.78 is 113. The molecule has 0 radical (unpaired) electrons. The Hall–Kier alpha value is -5.06. The molecule has 0 unspecified atom stereocenters. The first-order valence-electron chi connectivity index (χ1n) is 15.6. The van der Waals surface area contributed by atoms with E-state index in [9.17, 15) is 18.0 Å². The zero-order chi connectivity index (χ0) is 35.3. The van der Waals surface area contributed by atoms with Crippen LogP contribution in [0, 0.1) is 13.8 Å². The topological polar surface area (TPSA) is 97.6 Å². The molecule has 3 heterocycles. The molecule has 3 aromatic heterocycles. The van der Waals surface area contributed by atoms with Crippen LogP contribution in [0.4, 0.5) is 30.5 Å². The van der Waals surface area contributed by atoms with Gasteiger partial charge in [0.25, 0.3) is 5.91 Å². The van der Waals surface area contributed by atoms with E-state index >= 15 is 0 Å².